The molecule has 24 heavy (non-hydrogen) atoms. The topological polar surface area (TPSA) is 46.5 Å². The van der Waals surface area contributed by atoms with E-state index < -0.39 is 6.10 Å². The molecular formula is C21H34O3. The van der Waals surface area contributed by atoms with Gasteiger partial charge in [-0.1, -0.05) is 68.4 Å². The molecule has 0 bridgehead atoms. The molecule has 136 valence electrons. The SMILES string of the molecule is CCCCC/C=C\C/C=C\C(O)/C=C\C/C=C\CCCC(=O)OC. The van der Waals surface area contributed by atoms with Crippen LogP contribution in [0.25, 0.3) is 0 Å². The third kappa shape index (κ3) is 16.8. The van der Waals surface area contributed by atoms with Gasteiger partial charge in [-0.25, -0.2) is 0 Å². The summed E-state index contributed by atoms with van der Waals surface area (Å²) in [5, 5.41) is 9.78. The van der Waals surface area contributed by atoms with Gasteiger partial charge in [-0.15, -0.1) is 0 Å². The van der Waals surface area contributed by atoms with E-state index in [0.717, 1.165) is 32.1 Å². The van der Waals surface area contributed by atoms with E-state index in [1.807, 2.05) is 24.3 Å². The zero-order valence-electron chi connectivity index (χ0n) is 15.3. The van der Waals surface area contributed by atoms with Gasteiger partial charge in [-0.3, -0.25) is 4.79 Å². The fraction of sp³-hybridized carbons (Fsp3) is 0.571. The van der Waals surface area contributed by atoms with Gasteiger partial charge in [0.05, 0.1) is 13.2 Å². The summed E-state index contributed by atoms with van der Waals surface area (Å²) in [6.45, 7) is 2.21. The molecule has 3 nitrogen and oxygen atoms in total. The zero-order chi connectivity index (χ0) is 17.9. The summed E-state index contributed by atoms with van der Waals surface area (Å²) < 4.78 is 4.58. The number of aliphatic hydroxyl groups excluding tert-OH is 1. The van der Waals surface area contributed by atoms with E-state index in [1.165, 1.54) is 26.4 Å². The van der Waals surface area contributed by atoms with Crippen LogP contribution >= 0.6 is 0 Å². The van der Waals surface area contributed by atoms with Crippen molar-refractivity contribution in [2.75, 3.05) is 7.11 Å². The predicted octanol–water partition coefficient (Wildman–Crippen LogP) is 5.28. The quantitative estimate of drug-likeness (QED) is 0.267. The van der Waals surface area contributed by atoms with Crippen molar-refractivity contribution in [2.45, 2.75) is 70.8 Å². The number of hydrogen-bond acceptors (Lipinski definition) is 3. The fourth-order valence-electron chi connectivity index (χ4n) is 2.06. The lowest BCUT2D eigenvalue weighted by atomic mass is 10.2. The molecule has 0 fully saturated rings. The molecule has 1 unspecified atom stereocenters. The van der Waals surface area contributed by atoms with E-state index in [-0.39, 0.29) is 5.97 Å². The van der Waals surface area contributed by atoms with Crippen LogP contribution in [-0.2, 0) is 9.53 Å². The average molecular weight is 335 g/mol. The Morgan fingerprint density at radius 3 is 2.04 bits per heavy atom. The molecule has 0 aliphatic carbocycles. The smallest absolute Gasteiger partial charge is 0.305 e. The molecule has 3 heteroatoms. The maximum absolute atomic E-state index is 10.9. The van der Waals surface area contributed by atoms with E-state index in [0.29, 0.717) is 6.42 Å². The van der Waals surface area contributed by atoms with Gasteiger partial charge >= 0.3 is 5.97 Å². The number of aliphatic hydroxyl groups is 1. The molecule has 1 atom stereocenters. The minimum absolute atomic E-state index is 0.158. The van der Waals surface area contributed by atoms with Crippen molar-refractivity contribution < 1.29 is 14.6 Å². The normalized spacial score (nSPS) is 13.6. The Morgan fingerprint density at radius 1 is 0.917 bits per heavy atom. The van der Waals surface area contributed by atoms with Gasteiger partial charge in [-0.2, -0.15) is 0 Å². The molecule has 0 aromatic rings. The lowest BCUT2D eigenvalue weighted by Crippen LogP contribution is -1.98. The van der Waals surface area contributed by atoms with Crippen LogP contribution in [0.3, 0.4) is 0 Å². The Balaban J connectivity index is 3.64. The van der Waals surface area contributed by atoms with Crippen LogP contribution in [0.2, 0.25) is 0 Å². The molecule has 0 aliphatic rings. The largest absolute Gasteiger partial charge is 0.469 e. The summed E-state index contributed by atoms with van der Waals surface area (Å²) in [6, 6.07) is 0. The Labute approximate surface area is 147 Å². The average Bonchev–Trinajstić information content (AvgIpc) is 2.59. The summed E-state index contributed by atoms with van der Waals surface area (Å²) in [7, 11) is 1.41. The van der Waals surface area contributed by atoms with E-state index in [1.54, 1.807) is 6.08 Å². The molecule has 1 N–H and O–H groups in total. The van der Waals surface area contributed by atoms with E-state index in [2.05, 4.69) is 29.9 Å². The Bertz CT molecular complexity index is 405. The number of hydrogen-bond donors (Lipinski definition) is 1. The number of ether oxygens (including phenoxy) is 1. The van der Waals surface area contributed by atoms with Gasteiger partial charge in [0.15, 0.2) is 0 Å². The molecule has 0 aliphatic heterocycles. The first-order valence-corrected chi connectivity index (χ1v) is 9.08. The molecule has 0 radical (unpaired) electrons. The first-order valence-electron chi connectivity index (χ1n) is 9.08. The van der Waals surface area contributed by atoms with Crippen molar-refractivity contribution in [3.05, 3.63) is 48.6 Å². The highest BCUT2D eigenvalue weighted by molar-refractivity contribution is 5.69. The van der Waals surface area contributed by atoms with E-state index in [4.69, 9.17) is 0 Å². The van der Waals surface area contributed by atoms with Crippen molar-refractivity contribution in [1.82, 2.24) is 0 Å². The van der Waals surface area contributed by atoms with Gasteiger partial charge < -0.3 is 9.84 Å². The number of allylic oxidation sites excluding steroid dienone is 6. The Hall–Kier alpha value is -1.61. The number of rotatable bonds is 14. The lowest BCUT2D eigenvalue weighted by Gasteiger charge is -1.96. The van der Waals surface area contributed by atoms with E-state index >= 15 is 0 Å². The van der Waals surface area contributed by atoms with Crippen LogP contribution in [0.15, 0.2) is 48.6 Å². The highest BCUT2D eigenvalue weighted by Gasteiger charge is 1.96. The maximum Gasteiger partial charge on any atom is 0.305 e. The highest BCUT2D eigenvalue weighted by Crippen LogP contribution is 2.02. The van der Waals surface area contributed by atoms with Crippen LogP contribution in [0.1, 0.15) is 64.7 Å². The Morgan fingerprint density at radius 2 is 1.50 bits per heavy atom. The van der Waals surface area contributed by atoms with Gasteiger partial charge in [-0.05, 0) is 38.5 Å². The van der Waals surface area contributed by atoms with Crippen LogP contribution in [0, 0.1) is 0 Å². The molecule has 0 aromatic carbocycles. The van der Waals surface area contributed by atoms with Gasteiger partial charge in [0.2, 0.25) is 0 Å². The fourth-order valence-corrected chi connectivity index (χ4v) is 2.06. The summed E-state index contributed by atoms with van der Waals surface area (Å²) in [5.41, 5.74) is 0. The van der Waals surface area contributed by atoms with Crippen molar-refractivity contribution in [1.29, 1.82) is 0 Å². The first kappa shape index (κ1) is 22.4. The zero-order valence-corrected chi connectivity index (χ0v) is 15.3. The third-order valence-electron chi connectivity index (χ3n) is 3.50. The van der Waals surface area contributed by atoms with Crippen molar-refractivity contribution in [3.8, 4) is 0 Å². The van der Waals surface area contributed by atoms with Crippen molar-refractivity contribution in [3.63, 3.8) is 0 Å². The standard InChI is InChI=1S/C21H34O3/c1-3-4-5-6-7-8-11-14-17-20(22)18-15-12-9-10-13-16-19-21(23)24-2/h7-10,14-15,17-18,20,22H,3-6,11-13,16,19H2,1-2H3/b8-7-,10-9-,17-14-,18-15-. The van der Waals surface area contributed by atoms with Crippen LogP contribution < -0.4 is 0 Å². The summed E-state index contributed by atoms with van der Waals surface area (Å²) in [4.78, 5) is 10.9. The van der Waals surface area contributed by atoms with Crippen LogP contribution in [0.5, 0.6) is 0 Å². The predicted molar refractivity (Wildman–Crippen MR) is 102 cm³/mol. The summed E-state index contributed by atoms with van der Waals surface area (Å²) >= 11 is 0. The minimum atomic E-state index is -0.522. The number of carbonyl (C=O) groups is 1. The van der Waals surface area contributed by atoms with Gasteiger partial charge in [0.1, 0.15) is 0 Å². The molecule has 0 spiro atoms. The number of esters is 1. The molecule has 0 saturated carbocycles. The molecule has 0 saturated heterocycles. The van der Waals surface area contributed by atoms with E-state index in [9.17, 15) is 9.90 Å². The van der Waals surface area contributed by atoms with Crippen LogP contribution in [0.4, 0.5) is 0 Å². The minimum Gasteiger partial charge on any atom is -0.469 e. The molecule has 0 rings (SSSR count). The second kappa shape index (κ2) is 17.7. The summed E-state index contributed by atoms with van der Waals surface area (Å²) in [6.07, 6.45) is 24.3. The first-order chi connectivity index (χ1) is 11.7. The molecule has 0 heterocycles. The summed E-state index contributed by atoms with van der Waals surface area (Å²) in [5.74, 6) is -0.158. The molecular weight excluding hydrogens is 300 g/mol. The highest BCUT2D eigenvalue weighted by atomic mass is 16.5. The van der Waals surface area contributed by atoms with Gasteiger partial charge in [0.25, 0.3) is 0 Å². The second-order valence-electron chi connectivity index (χ2n) is 5.73. The van der Waals surface area contributed by atoms with Crippen molar-refractivity contribution in [2.24, 2.45) is 0 Å². The number of methoxy groups -OCH3 is 1. The number of carbonyl (C=O) groups excluding carboxylic acids is 1. The maximum atomic E-state index is 10.9. The second-order valence-corrected chi connectivity index (χ2v) is 5.73. The van der Waals surface area contributed by atoms with Crippen molar-refractivity contribution >= 4 is 5.97 Å². The number of unbranched alkanes of at least 4 members (excludes halogenated alkanes) is 4. The monoisotopic (exact) mass is 334 g/mol. The lowest BCUT2D eigenvalue weighted by molar-refractivity contribution is -0.140. The third-order valence-corrected chi connectivity index (χ3v) is 3.50. The molecule has 0 amide bonds. The Kier molecular flexibility index (Phi) is 16.5. The molecule has 0 aromatic heterocycles. The van der Waals surface area contributed by atoms with Crippen LogP contribution in [-0.4, -0.2) is 24.3 Å². The van der Waals surface area contributed by atoms with Gasteiger partial charge in [0, 0.05) is 6.42 Å².